The van der Waals surface area contributed by atoms with Gasteiger partial charge in [0.15, 0.2) is 0 Å². The molecule has 1 aromatic heterocycles. The largest absolute Gasteiger partial charge is 0.469 e. The quantitative estimate of drug-likeness (QED) is 0.388. The van der Waals surface area contributed by atoms with E-state index in [2.05, 4.69) is 0 Å². The molecule has 214 valence electrons. The second-order valence-corrected chi connectivity index (χ2v) is 12.6. The lowest BCUT2D eigenvalue weighted by atomic mass is 9.75. The van der Waals surface area contributed by atoms with Crippen LogP contribution in [-0.4, -0.2) is 40.3 Å². The van der Waals surface area contributed by atoms with Crippen molar-refractivity contribution >= 4 is 35.0 Å². The Morgan fingerprint density at radius 1 is 1.10 bits per heavy atom. The molecule has 0 amide bonds. The summed E-state index contributed by atoms with van der Waals surface area (Å²) in [6.07, 6.45) is 6.58. The predicted octanol–water partition coefficient (Wildman–Crippen LogP) is 6.38. The minimum atomic E-state index is -1.59. The number of nitrogens with zero attached hydrogens (tertiary/aromatic N) is 2. The van der Waals surface area contributed by atoms with Gasteiger partial charge in [-0.3, -0.25) is 14.4 Å². The smallest absolute Gasteiger partial charge is 0.309 e. The van der Waals surface area contributed by atoms with Crippen LogP contribution in [0.4, 0.5) is 4.39 Å². The lowest BCUT2D eigenvalue weighted by Gasteiger charge is -2.35. The highest BCUT2D eigenvalue weighted by Gasteiger charge is 2.43. The van der Waals surface area contributed by atoms with Crippen molar-refractivity contribution in [2.24, 2.45) is 11.8 Å². The molecule has 1 saturated carbocycles. The highest BCUT2D eigenvalue weighted by atomic mass is 35.5. The third kappa shape index (κ3) is 5.35. The van der Waals surface area contributed by atoms with Gasteiger partial charge < -0.3 is 9.47 Å². The number of fused-ring (bicyclic) bond motifs is 1. The molecule has 1 fully saturated rings. The zero-order chi connectivity index (χ0) is 28.8. The van der Waals surface area contributed by atoms with Gasteiger partial charge in [0.1, 0.15) is 11.3 Å². The molecular formula is C31H36ClFN2O5. The first-order valence-electron chi connectivity index (χ1n) is 14.1. The number of alkyl halides is 1. The van der Waals surface area contributed by atoms with Crippen LogP contribution < -0.4 is 0 Å². The Morgan fingerprint density at radius 3 is 2.42 bits per heavy atom. The van der Waals surface area contributed by atoms with Gasteiger partial charge in [0.05, 0.1) is 40.9 Å². The Morgan fingerprint density at radius 2 is 1.82 bits per heavy atom. The highest BCUT2D eigenvalue weighted by Crippen LogP contribution is 2.47. The van der Waals surface area contributed by atoms with E-state index in [0.717, 1.165) is 17.6 Å². The predicted molar refractivity (Wildman–Crippen MR) is 149 cm³/mol. The summed E-state index contributed by atoms with van der Waals surface area (Å²) >= 11 is 6.54. The van der Waals surface area contributed by atoms with Crippen LogP contribution in [0.15, 0.2) is 24.3 Å². The van der Waals surface area contributed by atoms with Crippen LogP contribution in [0.2, 0.25) is 5.02 Å². The molecule has 0 bridgehead atoms. The normalized spacial score (nSPS) is 22.0. The Labute approximate surface area is 239 Å². The summed E-state index contributed by atoms with van der Waals surface area (Å²) in [4.78, 5) is 39.2. The molecule has 1 heterocycles. The van der Waals surface area contributed by atoms with Crippen LogP contribution in [0.1, 0.15) is 98.6 Å². The van der Waals surface area contributed by atoms with Crippen molar-refractivity contribution in [1.82, 2.24) is 9.78 Å². The first-order chi connectivity index (χ1) is 18.9. The first kappa shape index (κ1) is 28.5. The van der Waals surface area contributed by atoms with Crippen LogP contribution in [0, 0.1) is 11.8 Å². The van der Waals surface area contributed by atoms with E-state index in [-0.39, 0.29) is 34.9 Å². The molecule has 9 heteroatoms. The van der Waals surface area contributed by atoms with E-state index in [0.29, 0.717) is 61.9 Å². The number of carbonyl (C=O) groups is 3. The number of ether oxygens (including phenoxy) is 2. The molecular weight excluding hydrogens is 535 g/mol. The van der Waals surface area contributed by atoms with Crippen molar-refractivity contribution < 1.29 is 28.2 Å². The van der Waals surface area contributed by atoms with E-state index >= 15 is 4.39 Å². The second-order valence-electron chi connectivity index (χ2n) is 12.2. The number of esters is 2. The third-order valence-corrected chi connectivity index (χ3v) is 8.63. The van der Waals surface area contributed by atoms with Crippen LogP contribution in [0.3, 0.4) is 0 Å². The number of halogens is 2. The molecule has 1 aromatic carbocycles. The zero-order valence-corrected chi connectivity index (χ0v) is 24.3. The van der Waals surface area contributed by atoms with E-state index in [1.54, 1.807) is 18.2 Å². The maximum absolute atomic E-state index is 15.7. The molecule has 2 aromatic rings. The van der Waals surface area contributed by atoms with Crippen LogP contribution >= 0.6 is 11.6 Å². The van der Waals surface area contributed by atoms with Gasteiger partial charge in [-0.2, -0.15) is 9.78 Å². The number of aromatic nitrogens is 2. The number of hydrogen-bond donors (Lipinski definition) is 0. The van der Waals surface area contributed by atoms with E-state index in [9.17, 15) is 14.4 Å². The van der Waals surface area contributed by atoms with E-state index in [4.69, 9.17) is 26.2 Å². The number of rotatable bonds is 5. The lowest BCUT2D eigenvalue weighted by molar-refractivity contribution is -0.160. The number of hydrogen-bond acceptors (Lipinski definition) is 6. The van der Waals surface area contributed by atoms with Gasteiger partial charge in [0, 0.05) is 17.5 Å². The van der Waals surface area contributed by atoms with E-state index in [1.807, 2.05) is 26.8 Å². The molecule has 7 nitrogen and oxygen atoms in total. The van der Waals surface area contributed by atoms with Gasteiger partial charge in [-0.15, -0.1) is 0 Å². The molecule has 0 spiro atoms. The summed E-state index contributed by atoms with van der Waals surface area (Å²) in [6, 6.07) is 4.89. The summed E-state index contributed by atoms with van der Waals surface area (Å²) in [7, 11) is 1.36. The fourth-order valence-corrected chi connectivity index (χ4v) is 6.29. The third-order valence-electron chi connectivity index (χ3n) is 8.31. The molecule has 0 radical (unpaired) electrons. The molecule has 0 saturated heterocycles. The Balaban J connectivity index is 1.53. The summed E-state index contributed by atoms with van der Waals surface area (Å²) in [5.41, 5.74) is 1.45. The summed E-state index contributed by atoms with van der Waals surface area (Å²) < 4.78 is 27.6. The zero-order valence-electron chi connectivity index (χ0n) is 23.5. The molecule has 0 aliphatic heterocycles. The average molecular weight is 571 g/mol. The molecule has 5 rings (SSSR count). The summed E-state index contributed by atoms with van der Waals surface area (Å²) in [6.45, 7) is 5.56. The van der Waals surface area contributed by atoms with Crippen molar-refractivity contribution in [3.8, 4) is 0 Å². The molecule has 2 atom stereocenters. The van der Waals surface area contributed by atoms with Gasteiger partial charge in [0.25, 0.3) is 5.91 Å². The topological polar surface area (TPSA) is 87.5 Å². The van der Waals surface area contributed by atoms with Crippen LogP contribution in [0.5, 0.6) is 0 Å². The Hall–Kier alpha value is -3.00. The maximum atomic E-state index is 15.7. The summed E-state index contributed by atoms with van der Waals surface area (Å²) in [5, 5.41) is 4.97. The van der Waals surface area contributed by atoms with Crippen molar-refractivity contribution in [1.29, 1.82) is 0 Å². The molecule has 0 N–H and O–H groups in total. The Bertz CT molecular complexity index is 1380. The van der Waals surface area contributed by atoms with Gasteiger partial charge in [-0.1, -0.05) is 29.8 Å². The number of benzene rings is 1. The fourth-order valence-electron chi connectivity index (χ4n) is 6.03. The number of methoxy groups -OCH3 is 1. The monoisotopic (exact) mass is 570 g/mol. The standard InChI is InChI=1S/C31H36ClFN2O5/c1-30(2,3)40-29(38)19-11-9-18(10-12-19)26-21-14-13-20(28(37)39-4)17-24(21)35(34-26)27(36)25-22(7-5-8-23(25)32)31(33)15-6-16-31/h5,7-9,19-20H,6,10-17H2,1-4H3. The SMILES string of the molecule is COC(=O)C1CCc2c(C3=CCC(C(=O)OC(C)(C)C)CC3)nn(C(=O)c3c(Cl)cccc3C3(F)CCC3)c2C1. The Kier molecular flexibility index (Phi) is 7.68. The van der Waals surface area contributed by atoms with Gasteiger partial charge in [-0.25, -0.2) is 4.39 Å². The second kappa shape index (κ2) is 10.8. The van der Waals surface area contributed by atoms with E-state index in [1.165, 1.54) is 11.8 Å². The van der Waals surface area contributed by atoms with Gasteiger partial charge in [0.2, 0.25) is 0 Å². The van der Waals surface area contributed by atoms with Crippen molar-refractivity contribution in [3.05, 3.63) is 57.4 Å². The fraction of sp³-hybridized carbons (Fsp3) is 0.548. The van der Waals surface area contributed by atoms with Crippen LogP contribution in [-0.2, 0) is 37.6 Å². The van der Waals surface area contributed by atoms with Crippen LogP contribution in [0.25, 0.3) is 5.57 Å². The lowest BCUT2D eigenvalue weighted by Crippen LogP contribution is -2.33. The molecule has 40 heavy (non-hydrogen) atoms. The average Bonchev–Trinajstić information content (AvgIpc) is 3.28. The van der Waals surface area contributed by atoms with Gasteiger partial charge in [-0.05, 0) is 83.8 Å². The van der Waals surface area contributed by atoms with Crippen molar-refractivity contribution in [2.75, 3.05) is 7.11 Å². The first-order valence-corrected chi connectivity index (χ1v) is 14.4. The minimum Gasteiger partial charge on any atom is -0.469 e. The molecule has 3 aliphatic rings. The number of carbonyl (C=O) groups excluding carboxylic acids is 3. The van der Waals surface area contributed by atoms with Gasteiger partial charge >= 0.3 is 11.9 Å². The van der Waals surface area contributed by atoms with Crippen molar-refractivity contribution in [3.63, 3.8) is 0 Å². The maximum Gasteiger partial charge on any atom is 0.309 e. The van der Waals surface area contributed by atoms with E-state index < -0.39 is 23.1 Å². The molecule has 3 aliphatic carbocycles. The molecule has 2 unspecified atom stereocenters. The van der Waals surface area contributed by atoms with Crippen molar-refractivity contribution in [2.45, 2.75) is 89.8 Å². The minimum absolute atomic E-state index is 0.117. The highest BCUT2D eigenvalue weighted by molar-refractivity contribution is 6.34. The summed E-state index contributed by atoms with van der Waals surface area (Å²) in [5.74, 6) is -1.69. The number of allylic oxidation sites excluding steroid dienone is 2.